The van der Waals surface area contributed by atoms with Crippen molar-refractivity contribution in [2.24, 2.45) is 5.10 Å². The largest absolute Gasteiger partial charge is 0.361 e. The van der Waals surface area contributed by atoms with Gasteiger partial charge in [0.25, 0.3) is 0 Å². The Morgan fingerprint density at radius 3 is 2.65 bits per heavy atom. The molecule has 0 atom stereocenters. The molecular weight excluding hydrogens is 293 g/mol. The lowest BCUT2D eigenvalue weighted by Crippen LogP contribution is -2.25. The second-order valence-electron chi connectivity index (χ2n) is 5.57. The summed E-state index contributed by atoms with van der Waals surface area (Å²) in [6, 6.07) is 12.9. The van der Waals surface area contributed by atoms with Crippen LogP contribution in [0.3, 0.4) is 0 Å². The molecule has 0 radical (unpaired) electrons. The molecule has 2 N–H and O–H groups in total. The third-order valence-corrected chi connectivity index (χ3v) is 4.07. The standard InChI is InChI=1S/C18H14FN3O/c19-15-9-13(16-5-6-18(23)22-21-16)3-4-14(15)12-2-1-11-7-8-20-17(11)10-12/h1-4,7-10,20H,5-6H2,(H,22,23). The van der Waals surface area contributed by atoms with Gasteiger partial charge in [-0.05, 0) is 29.1 Å². The van der Waals surface area contributed by atoms with E-state index in [1.54, 1.807) is 6.07 Å². The van der Waals surface area contributed by atoms with Crippen molar-refractivity contribution in [2.45, 2.75) is 12.8 Å². The van der Waals surface area contributed by atoms with E-state index < -0.39 is 0 Å². The fourth-order valence-corrected chi connectivity index (χ4v) is 2.83. The maximum Gasteiger partial charge on any atom is 0.240 e. The van der Waals surface area contributed by atoms with E-state index in [1.807, 2.05) is 36.5 Å². The number of hydrazone groups is 1. The van der Waals surface area contributed by atoms with Crippen molar-refractivity contribution in [2.75, 3.05) is 0 Å². The molecule has 4 rings (SSSR count). The van der Waals surface area contributed by atoms with Gasteiger partial charge in [-0.2, -0.15) is 5.10 Å². The third kappa shape index (κ3) is 2.50. The predicted molar refractivity (Wildman–Crippen MR) is 87.6 cm³/mol. The molecule has 5 heteroatoms. The molecule has 114 valence electrons. The van der Waals surface area contributed by atoms with Crippen LogP contribution in [0, 0.1) is 5.82 Å². The van der Waals surface area contributed by atoms with Gasteiger partial charge in [-0.3, -0.25) is 4.79 Å². The smallest absolute Gasteiger partial charge is 0.240 e. The third-order valence-electron chi connectivity index (χ3n) is 4.07. The van der Waals surface area contributed by atoms with Gasteiger partial charge >= 0.3 is 0 Å². The van der Waals surface area contributed by atoms with Crippen molar-refractivity contribution in [3.8, 4) is 11.1 Å². The van der Waals surface area contributed by atoms with Crippen molar-refractivity contribution >= 4 is 22.5 Å². The van der Waals surface area contributed by atoms with Crippen LogP contribution >= 0.6 is 0 Å². The van der Waals surface area contributed by atoms with E-state index in [-0.39, 0.29) is 11.7 Å². The number of halogens is 1. The normalized spacial score (nSPS) is 14.7. The van der Waals surface area contributed by atoms with Gasteiger partial charge < -0.3 is 4.98 Å². The van der Waals surface area contributed by atoms with Crippen LogP contribution in [0.15, 0.2) is 53.8 Å². The molecule has 0 spiro atoms. The van der Waals surface area contributed by atoms with Gasteiger partial charge in [-0.1, -0.05) is 24.3 Å². The van der Waals surface area contributed by atoms with Crippen LogP contribution in [0.1, 0.15) is 18.4 Å². The highest BCUT2D eigenvalue weighted by atomic mass is 19.1. The molecule has 1 aromatic heterocycles. The Hall–Kier alpha value is -2.95. The van der Waals surface area contributed by atoms with Crippen molar-refractivity contribution in [1.29, 1.82) is 0 Å². The maximum atomic E-state index is 14.5. The van der Waals surface area contributed by atoms with E-state index in [2.05, 4.69) is 15.5 Å². The monoisotopic (exact) mass is 307 g/mol. The van der Waals surface area contributed by atoms with Crippen molar-refractivity contribution in [1.82, 2.24) is 10.4 Å². The molecule has 0 saturated carbocycles. The minimum absolute atomic E-state index is 0.106. The Balaban J connectivity index is 1.71. The summed E-state index contributed by atoms with van der Waals surface area (Å²) in [5, 5.41) is 5.10. The van der Waals surface area contributed by atoms with Gasteiger partial charge in [0.15, 0.2) is 0 Å². The summed E-state index contributed by atoms with van der Waals surface area (Å²) < 4.78 is 14.5. The average molecular weight is 307 g/mol. The Morgan fingerprint density at radius 2 is 1.87 bits per heavy atom. The molecule has 1 aliphatic heterocycles. The summed E-state index contributed by atoms with van der Waals surface area (Å²) in [7, 11) is 0. The summed E-state index contributed by atoms with van der Waals surface area (Å²) in [5.41, 5.74) is 6.19. The van der Waals surface area contributed by atoms with Crippen LogP contribution in [-0.2, 0) is 4.79 Å². The summed E-state index contributed by atoms with van der Waals surface area (Å²) in [6.45, 7) is 0. The van der Waals surface area contributed by atoms with Gasteiger partial charge in [-0.25, -0.2) is 9.82 Å². The summed E-state index contributed by atoms with van der Waals surface area (Å²) >= 11 is 0. The topological polar surface area (TPSA) is 57.2 Å². The molecule has 1 amide bonds. The molecule has 3 aromatic rings. The number of aromatic nitrogens is 1. The van der Waals surface area contributed by atoms with E-state index in [1.165, 1.54) is 6.07 Å². The number of hydrogen-bond acceptors (Lipinski definition) is 2. The second-order valence-corrected chi connectivity index (χ2v) is 5.57. The average Bonchev–Trinajstić information content (AvgIpc) is 3.03. The Labute approximate surface area is 132 Å². The summed E-state index contributed by atoms with van der Waals surface area (Å²) in [6.07, 6.45) is 2.77. The van der Waals surface area contributed by atoms with Crippen molar-refractivity contribution in [3.05, 3.63) is 60.0 Å². The molecule has 0 aliphatic carbocycles. The number of rotatable bonds is 2. The number of amides is 1. The molecule has 0 saturated heterocycles. The maximum absolute atomic E-state index is 14.5. The van der Waals surface area contributed by atoms with E-state index in [0.717, 1.165) is 16.5 Å². The number of hydrogen-bond donors (Lipinski definition) is 2. The van der Waals surface area contributed by atoms with Gasteiger partial charge in [-0.15, -0.1) is 0 Å². The van der Waals surface area contributed by atoms with Crippen LogP contribution in [0.5, 0.6) is 0 Å². The number of benzene rings is 2. The fraction of sp³-hybridized carbons (Fsp3) is 0.111. The molecule has 2 heterocycles. The van der Waals surface area contributed by atoms with E-state index in [9.17, 15) is 9.18 Å². The Bertz CT molecular complexity index is 942. The van der Waals surface area contributed by atoms with Gasteiger partial charge in [0.05, 0.1) is 5.71 Å². The second kappa shape index (κ2) is 5.35. The first-order valence-electron chi connectivity index (χ1n) is 7.43. The van der Waals surface area contributed by atoms with E-state index in [0.29, 0.717) is 29.7 Å². The predicted octanol–water partition coefficient (Wildman–Crippen LogP) is 3.59. The Morgan fingerprint density at radius 1 is 1.00 bits per heavy atom. The number of nitrogens with one attached hydrogen (secondary N) is 2. The minimum Gasteiger partial charge on any atom is -0.361 e. The van der Waals surface area contributed by atoms with Crippen LogP contribution in [0.2, 0.25) is 0 Å². The summed E-state index contributed by atoms with van der Waals surface area (Å²) in [5.74, 6) is -0.405. The highest BCUT2D eigenvalue weighted by Crippen LogP contribution is 2.27. The molecular formula is C18H14FN3O. The lowest BCUT2D eigenvalue weighted by atomic mass is 9.98. The lowest BCUT2D eigenvalue weighted by molar-refractivity contribution is -0.121. The van der Waals surface area contributed by atoms with E-state index in [4.69, 9.17) is 0 Å². The molecule has 0 bridgehead atoms. The summed E-state index contributed by atoms with van der Waals surface area (Å²) in [4.78, 5) is 14.3. The van der Waals surface area contributed by atoms with Gasteiger partial charge in [0.2, 0.25) is 5.91 Å². The molecule has 23 heavy (non-hydrogen) atoms. The number of fused-ring (bicyclic) bond motifs is 1. The number of carbonyl (C=O) groups excluding carboxylic acids is 1. The number of H-pyrrole nitrogens is 1. The van der Waals surface area contributed by atoms with Crippen LogP contribution < -0.4 is 5.43 Å². The van der Waals surface area contributed by atoms with Crippen LogP contribution in [-0.4, -0.2) is 16.6 Å². The molecule has 4 nitrogen and oxygen atoms in total. The SMILES string of the molecule is O=C1CCC(c2ccc(-c3ccc4cc[nH]c4c3)c(F)c2)=NN1. The van der Waals surface area contributed by atoms with E-state index >= 15 is 0 Å². The lowest BCUT2D eigenvalue weighted by Gasteiger charge is -2.13. The number of nitrogens with zero attached hydrogens (tertiary/aromatic N) is 1. The first kappa shape index (κ1) is 13.7. The quantitative estimate of drug-likeness (QED) is 0.747. The minimum atomic E-state index is -0.298. The van der Waals surface area contributed by atoms with Gasteiger partial charge in [0.1, 0.15) is 5.82 Å². The van der Waals surface area contributed by atoms with Gasteiger partial charge in [0, 0.05) is 35.7 Å². The highest BCUT2D eigenvalue weighted by Gasteiger charge is 2.15. The zero-order valence-electron chi connectivity index (χ0n) is 12.3. The highest BCUT2D eigenvalue weighted by molar-refractivity contribution is 6.04. The zero-order valence-corrected chi connectivity index (χ0v) is 12.3. The Kier molecular flexibility index (Phi) is 3.19. The van der Waals surface area contributed by atoms with Crippen molar-refractivity contribution < 1.29 is 9.18 Å². The molecule has 0 unspecified atom stereocenters. The fourth-order valence-electron chi connectivity index (χ4n) is 2.83. The van der Waals surface area contributed by atoms with Crippen LogP contribution in [0.4, 0.5) is 4.39 Å². The first-order valence-corrected chi connectivity index (χ1v) is 7.43. The number of aromatic amines is 1. The molecule has 2 aromatic carbocycles. The molecule has 1 aliphatic rings. The number of carbonyl (C=O) groups is 1. The zero-order chi connectivity index (χ0) is 15.8. The first-order chi connectivity index (χ1) is 11.2. The van der Waals surface area contributed by atoms with Crippen molar-refractivity contribution in [3.63, 3.8) is 0 Å². The molecule has 0 fully saturated rings. The van der Waals surface area contributed by atoms with Crippen LogP contribution in [0.25, 0.3) is 22.0 Å².